The van der Waals surface area contributed by atoms with E-state index in [1.807, 2.05) is 19.1 Å². The Morgan fingerprint density at radius 2 is 2.10 bits per heavy atom. The summed E-state index contributed by atoms with van der Waals surface area (Å²) in [4.78, 5) is 0. The zero-order chi connectivity index (χ0) is 14.5. The van der Waals surface area contributed by atoms with E-state index in [0.717, 1.165) is 23.5 Å². The molecule has 0 bridgehead atoms. The van der Waals surface area contributed by atoms with Crippen LogP contribution in [0.25, 0.3) is 0 Å². The summed E-state index contributed by atoms with van der Waals surface area (Å²) in [5.41, 5.74) is 1.26. The summed E-state index contributed by atoms with van der Waals surface area (Å²) in [5, 5.41) is 12.4. The van der Waals surface area contributed by atoms with Crippen molar-refractivity contribution in [3.8, 4) is 0 Å². The summed E-state index contributed by atoms with van der Waals surface area (Å²) in [5.74, 6) is 1.49. The summed E-state index contributed by atoms with van der Waals surface area (Å²) in [6.07, 6.45) is 0.880. The molecule has 108 valence electrons. The quantitative estimate of drug-likeness (QED) is 0.851. The molecule has 0 radical (unpaired) electrons. The van der Waals surface area contributed by atoms with Gasteiger partial charge in [-0.15, -0.1) is 0 Å². The number of aryl methyl sites for hydroxylation is 1. The van der Waals surface area contributed by atoms with E-state index in [1.165, 1.54) is 6.07 Å². The number of aliphatic hydroxyl groups is 1. The number of hydrogen-bond donors (Lipinski definition) is 2. The summed E-state index contributed by atoms with van der Waals surface area (Å²) < 4.78 is 19.0. The highest BCUT2D eigenvalue weighted by atomic mass is 19.1. The number of benzene rings is 1. The Balaban J connectivity index is 1.97. The third-order valence-electron chi connectivity index (χ3n) is 3.35. The molecule has 4 heteroatoms. The van der Waals surface area contributed by atoms with Gasteiger partial charge >= 0.3 is 0 Å². The van der Waals surface area contributed by atoms with Crippen LogP contribution in [0.4, 0.5) is 4.39 Å². The minimum atomic E-state index is -0.372. The molecule has 1 aromatic carbocycles. The lowest BCUT2D eigenvalue weighted by Crippen LogP contribution is -2.17. The Labute approximate surface area is 118 Å². The standard InChI is InChI=1S/C16H20FNO2/c1-3-14-5-7-16(20-14)11(2)18-9-12-4-6-15(17)13(8-12)10-19/h4-8,11,18-19H,3,9-10H2,1-2H3. The highest BCUT2D eigenvalue weighted by Crippen LogP contribution is 2.18. The average molecular weight is 277 g/mol. The van der Waals surface area contributed by atoms with Crippen LogP contribution in [0.15, 0.2) is 34.7 Å². The van der Waals surface area contributed by atoms with Gasteiger partial charge in [-0.25, -0.2) is 4.39 Å². The third-order valence-corrected chi connectivity index (χ3v) is 3.35. The molecular formula is C16H20FNO2. The number of furan rings is 1. The highest BCUT2D eigenvalue weighted by molar-refractivity contribution is 5.24. The van der Waals surface area contributed by atoms with Crippen molar-refractivity contribution >= 4 is 0 Å². The first-order valence-electron chi connectivity index (χ1n) is 6.84. The number of halogens is 1. The van der Waals surface area contributed by atoms with Crippen LogP contribution in [-0.2, 0) is 19.6 Å². The van der Waals surface area contributed by atoms with Crippen molar-refractivity contribution in [3.63, 3.8) is 0 Å². The predicted molar refractivity (Wildman–Crippen MR) is 75.7 cm³/mol. The Hall–Kier alpha value is -1.65. The fourth-order valence-corrected chi connectivity index (χ4v) is 2.05. The third kappa shape index (κ3) is 3.46. The molecule has 0 aliphatic heterocycles. The SMILES string of the molecule is CCc1ccc(C(C)NCc2ccc(F)c(CO)c2)o1. The van der Waals surface area contributed by atoms with Gasteiger partial charge in [0.1, 0.15) is 17.3 Å². The first-order valence-corrected chi connectivity index (χ1v) is 6.84. The molecule has 0 spiro atoms. The number of hydrogen-bond acceptors (Lipinski definition) is 3. The molecule has 0 saturated heterocycles. The maximum Gasteiger partial charge on any atom is 0.128 e. The minimum absolute atomic E-state index is 0.0814. The maximum absolute atomic E-state index is 13.3. The van der Waals surface area contributed by atoms with E-state index in [-0.39, 0.29) is 18.5 Å². The molecule has 1 heterocycles. The summed E-state index contributed by atoms with van der Waals surface area (Å²) >= 11 is 0. The van der Waals surface area contributed by atoms with Crippen molar-refractivity contribution in [3.05, 3.63) is 58.8 Å². The highest BCUT2D eigenvalue weighted by Gasteiger charge is 2.10. The van der Waals surface area contributed by atoms with Crippen LogP contribution in [0.5, 0.6) is 0 Å². The Bertz CT molecular complexity index is 565. The average Bonchev–Trinajstić information content (AvgIpc) is 2.95. The monoisotopic (exact) mass is 277 g/mol. The maximum atomic E-state index is 13.3. The first-order chi connectivity index (χ1) is 9.63. The van der Waals surface area contributed by atoms with Gasteiger partial charge in [-0.3, -0.25) is 0 Å². The Kier molecular flexibility index (Phi) is 4.93. The molecule has 20 heavy (non-hydrogen) atoms. The van der Waals surface area contributed by atoms with Crippen molar-refractivity contribution in [2.24, 2.45) is 0 Å². The van der Waals surface area contributed by atoms with Crippen LogP contribution >= 0.6 is 0 Å². The zero-order valence-corrected chi connectivity index (χ0v) is 11.8. The molecular weight excluding hydrogens is 257 g/mol. The van der Waals surface area contributed by atoms with Crippen LogP contribution in [0.1, 0.15) is 42.5 Å². The molecule has 0 aliphatic rings. The molecule has 1 aromatic heterocycles. The van der Waals surface area contributed by atoms with Gasteiger partial charge in [0.25, 0.3) is 0 Å². The van der Waals surface area contributed by atoms with Gasteiger partial charge in [-0.2, -0.15) is 0 Å². The van der Waals surface area contributed by atoms with E-state index >= 15 is 0 Å². The minimum Gasteiger partial charge on any atom is -0.464 e. The zero-order valence-electron chi connectivity index (χ0n) is 11.8. The molecule has 0 amide bonds. The lowest BCUT2D eigenvalue weighted by Gasteiger charge is -2.12. The fraction of sp³-hybridized carbons (Fsp3) is 0.375. The van der Waals surface area contributed by atoms with Gasteiger partial charge in [0, 0.05) is 18.5 Å². The summed E-state index contributed by atoms with van der Waals surface area (Å²) in [6, 6.07) is 8.81. The van der Waals surface area contributed by atoms with E-state index in [4.69, 9.17) is 9.52 Å². The topological polar surface area (TPSA) is 45.4 Å². The number of nitrogens with one attached hydrogen (secondary N) is 1. The van der Waals surface area contributed by atoms with Gasteiger partial charge in [0.15, 0.2) is 0 Å². The normalized spacial score (nSPS) is 12.6. The second kappa shape index (κ2) is 6.68. The molecule has 2 aromatic rings. The molecule has 1 atom stereocenters. The van der Waals surface area contributed by atoms with Crippen LogP contribution in [-0.4, -0.2) is 5.11 Å². The summed E-state index contributed by atoms with van der Waals surface area (Å²) in [7, 11) is 0. The molecule has 0 saturated carbocycles. The van der Waals surface area contributed by atoms with Crippen LogP contribution in [0, 0.1) is 5.82 Å². The van der Waals surface area contributed by atoms with Gasteiger partial charge in [0.05, 0.1) is 12.6 Å². The van der Waals surface area contributed by atoms with E-state index < -0.39 is 0 Å². The summed E-state index contributed by atoms with van der Waals surface area (Å²) in [6.45, 7) is 4.38. The van der Waals surface area contributed by atoms with Crippen LogP contribution in [0.2, 0.25) is 0 Å². The van der Waals surface area contributed by atoms with Crippen LogP contribution in [0.3, 0.4) is 0 Å². The Morgan fingerprint density at radius 1 is 1.30 bits per heavy atom. The van der Waals surface area contributed by atoms with Gasteiger partial charge in [0.2, 0.25) is 0 Å². The molecule has 0 aliphatic carbocycles. The second-order valence-corrected chi connectivity index (χ2v) is 4.84. The molecule has 0 fully saturated rings. The fourth-order valence-electron chi connectivity index (χ4n) is 2.05. The van der Waals surface area contributed by atoms with Gasteiger partial charge in [-0.1, -0.05) is 13.0 Å². The van der Waals surface area contributed by atoms with E-state index in [0.29, 0.717) is 12.1 Å². The lowest BCUT2D eigenvalue weighted by molar-refractivity contribution is 0.275. The van der Waals surface area contributed by atoms with E-state index in [1.54, 1.807) is 12.1 Å². The largest absolute Gasteiger partial charge is 0.464 e. The van der Waals surface area contributed by atoms with Crippen molar-refractivity contribution < 1.29 is 13.9 Å². The molecule has 3 nitrogen and oxygen atoms in total. The number of rotatable bonds is 6. The first kappa shape index (κ1) is 14.8. The van der Waals surface area contributed by atoms with E-state index in [2.05, 4.69) is 12.2 Å². The smallest absolute Gasteiger partial charge is 0.128 e. The van der Waals surface area contributed by atoms with E-state index in [9.17, 15) is 4.39 Å². The van der Waals surface area contributed by atoms with Crippen molar-refractivity contribution in [1.29, 1.82) is 0 Å². The predicted octanol–water partition coefficient (Wildman–Crippen LogP) is 3.32. The molecule has 2 rings (SSSR count). The van der Waals surface area contributed by atoms with Gasteiger partial charge < -0.3 is 14.8 Å². The van der Waals surface area contributed by atoms with Crippen molar-refractivity contribution in [1.82, 2.24) is 5.32 Å². The number of aliphatic hydroxyl groups excluding tert-OH is 1. The second-order valence-electron chi connectivity index (χ2n) is 4.84. The van der Waals surface area contributed by atoms with Gasteiger partial charge in [-0.05, 0) is 36.8 Å². The van der Waals surface area contributed by atoms with Crippen LogP contribution < -0.4 is 5.32 Å². The molecule has 1 unspecified atom stereocenters. The van der Waals surface area contributed by atoms with Crippen molar-refractivity contribution in [2.45, 2.75) is 39.5 Å². The lowest BCUT2D eigenvalue weighted by atomic mass is 10.1. The van der Waals surface area contributed by atoms with Crippen molar-refractivity contribution in [2.75, 3.05) is 0 Å². The molecule has 2 N–H and O–H groups in total. The Morgan fingerprint density at radius 3 is 2.75 bits per heavy atom.